The molecule has 0 aliphatic rings. The monoisotopic (exact) mass is 425 g/mol. The van der Waals surface area contributed by atoms with Gasteiger partial charge in [-0.05, 0) is 44.8 Å². The normalized spacial score (nSPS) is 12.7. The summed E-state index contributed by atoms with van der Waals surface area (Å²) in [5, 5.41) is 16.5. The molecule has 0 heterocycles. The third-order valence-electron chi connectivity index (χ3n) is 3.83. The molecule has 2 rings (SSSR count). The number of primary sulfonamides is 1. The van der Waals surface area contributed by atoms with Gasteiger partial charge in [-0.3, -0.25) is 10.1 Å². The fourth-order valence-electron chi connectivity index (χ4n) is 2.38. The van der Waals surface area contributed by atoms with Crippen LogP contribution in [0.15, 0.2) is 58.3 Å². The molecule has 0 aliphatic carbocycles. The van der Waals surface area contributed by atoms with E-state index in [0.717, 1.165) is 17.5 Å². The lowest BCUT2D eigenvalue weighted by molar-refractivity contribution is -0.386. The van der Waals surface area contributed by atoms with E-state index in [2.05, 4.69) is 0 Å². The topological polar surface area (TPSA) is 116 Å². The molecule has 152 valence electrons. The van der Waals surface area contributed by atoms with E-state index in [0.29, 0.717) is 12.2 Å². The maximum atomic E-state index is 11.5. The molecule has 0 unspecified atom stereocenters. The van der Waals surface area contributed by atoms with Crippen molar-refractivity contribution in [1.29, 1.82) is 0 Å². The van der Waals surface area contributed by atoms with E-state index in [1.54, 1.807) is 11.8 Å². The molecule has 0 saturated carbocycles. The molecule has 2 aromatic carbocycles. The minimum absolute atomic E-state index is 0.0230. The van der Waals surface area contributed by atoms with Crippen LogP contribution in [-0.2, 0) is 10.0 Å². The Morgan fingerprint density at radius 3 is 2.46 bits per heavy atom. The van der Waals surface area contributed by atoms with Gasteiger partial charge in [0.25, 0.3) is 0 Å². The Kier molecular flexibility index (Phi) is 7.81. The minimum atomic E-state index is -4.04. The Morgan fingerprint density at radius 1 is 1.21 bits per heavy atom. The van der Waals surface area contributed by atoms with Gasteiger partial charge in [0.05, 0.1) is 9.82 Å². The van der Waals surface area contributed by atoms with Crippen LogP contribution in [0.3, 0.4) is 0 Å². The number of ether oxygens (including phenoxy) is 1. The summed E-state index contributed by atoms with van der Waals surface area (Å²) in [5.74, 6) is 0.612. The van der Waals surface area contributed by atoms with Crippen LogP contribution >= 0.6 is 11.8 Å². The molecule has 10 heteroatoms. The van der Waals surface area contributed by atoms with Crippen molar-refractivity contribution < 1.29 is 18.1 Å². The highest BCUT2D eigenvalue weighted by Gasteiger charge is 2.23. The van der Waals surface area contributed by atoms with E-state index in [1.807, 2.05) is 49.3 Å². The molecule has 28 heavy (non-hydrogen) atoms. The Morgan fingerprint density at radius 2 is 1.89 bits per heavy atom. The number of nitrogens with zero attached hydrogens (tertiary/aromatic N) is 2. The Hall–Kier alpha value is -2.14. The molecular formula is C18H23N3O5S2. The van der Waals surface area contributed by atoms with Crippen LogP contribution in [0.1, 0.15) is 6.42 Å². The minimum Gasteiger partial charge on any atom is -0.483 e. The van der Waals surface area contributed by atoms with Crippen molar-refractivity contribution >= 4 is 27.5 Å². The molecule has 8 nitrogen and oxygen atoms in total. The summed E-state index contributed by atoms with van der Waals surface area (Å²) < 4.78 is 28.9. The zero-order valence-electron chi connectivity index (χ0n) is 15.6. The van der Waals surface area contributed by atoms with Gasteiger partial charge >= 0.3 is 5.69 Å². The highest BCUT2D eigenvalue weighted by Crippen LogP contribution is 2.31. The van der Waals surface area contributed by atoms with Crippen LogP contribution < -0.4 is 9.88 Å². The number of sulfonamides is 1. The molecule has 1 atom stereocenters. The van der Waals surface area contributed by atoms with Crippen LogP contribution in [-0.4, -0.2) is 50.7 Å². The van der Waals surface area contributed by atoms with Crippen LogP contribution in [0.5, 0.6) is 5.75 Å². The second-order valence-corrected chi connectivity index (χ2v) is 9.04. The standard InChI is InChI=1S/C18H23N3O5S2/c1-20(2)11-10-14(13-27-15-6-4-3-5-7-15)26-18-9-8-16(28(19,24)25)12-17(18)21(22)23/h3-9,12,14H,10-11,13H2,1-2H3,(H2,19,24,25)/t14-/m1/s1. The summed E-state index contributed by atoms with van der Waals surface area (Å²) in [6.07, 6.45) is 0.354. The fraction of sp³-hybridized carbons (Fsp3) is 0.333. The second-order valence-electron chi connectivity index (χ2n) is 6.39. The summed E-state index contributed by atoms with van der Waals surface area (Å²) in [5.41, 5.74) is -0.425. The van der Waals surface area contributed by atoms with Gasteiger partial charge in [-0.1, -0.05) is 18.2 Å². The molecule has 2 N–H and O–H groups in total. The maximum Gasteiger partial charge on any atom is 0.312 e. The van der Waals surface area contributed by atoms with Gasteiger partial charge in [0, 0.05) is 23.3 Å². The molecule has 0 fully saturated rings. The summed E-state index contributed by atoms with van der Waals surface area (Å²) in [7, 11) is -0.172. The SMILES string of the molecule is CN(C)CC[C@H](CSc1ccccc1)Oc1ccc(S(N)(=O)=O)cc1[N+](=O)[O-]. The fourth-order valence-corrected chi connectivity index (χ4v) is 3.88. The summed E-state index contributed by atoms with van der Waals surface area (Å²) in [6, 6.07) is 13.2. The van der Waals surface area contributed by atoms with Crippen molar-refractivity contribution in [2.45, 2.75) is 22.3 Å². The number of nitro groups is 1. The molecule has 0 spiro atoms. The lowest BCUT2D eigenvalue weighted by atomic mass is 10.2. The maximum absolute atomic E-state index is 11.5. The molecule has 0 aliphatic heterocycles. The van der Waals surface area contributed by atoms with Crippen molar-refractivity contribution in [2.24, 2.45) is 5.14 Å². The number of hydrogen-bond donors (Lipinski definition) is 1. The zero-order chi connectivity index (χ0) is 20.7. The highest BCUT2D eigenvalue weighted by atomic mass is 32.2. The molecular weight excluding hydrogens is 402 g/mol. The van der Waals surface area contributed by atoms with Crippen molar-refractivity contribution in [1.82, 2.24) is 4.90 Å². The number of rotatable bonds is 10. The highest BCUT2D eigenvalue weighted by molar-refractivity contribution is 7.99. The lowest BCUT2D eigenvalue weighted by Crippen LogP contribution is -2.26. The molecule has 0 saturated heterocycles. The molecule has 0 aromatic heterocycles. The van der Waals surface area contributed by atoms with Gasteiger partial charge in [-0.2, -0.15) is 0 Å². The number of hydrogen-bond acceptors (Lipinski definition) is 7. The van der Waals surface area contributed by atoms with Crippen LogP contribution in [0.25, 0.3) is 0 Å². The van der Waals surface area contributed by atoms with E-state index in [9.17, 15) is 18.5 Å². The number of nitro benzene ring substituents is 1. The van der Waals surface area contributed by atoms with Crippen molar-refractivity contribution in [3.63, 3.8) is 0 Å². The quantitative estimate of drug-likeness (QED) is 0.353. The Labute approximate surface area is 168 Å². The zero-order valence-corrected chi connectivity index (χ0v) is 17.3. The van der Waals surface area contributed by atoms with E-state index >= 15 is 0 Å². The largest absolute Gasteiger partial charge is 0.483 e. The van der Waals surface area contributed by atoms with E-state index in [4.69, 9.17) is 9.88 Å². The van der Waals surface area contributed by atoms with Crippen molar-refractivity contribution in [3.05, 3.63) is 58.6 Å². The van der Waals surface area contributed by atoms with Gasteiger partial charge < -0.3 is 9.64 Å². The number of nitrogens with two attached hydrogens (primary N) is 1. The van der Waals surface area contributed by atoms with Gasteiger partial charge in [0.1, 0.15) is 6.10 Å². The number of thioether (sulfide) groups is 1. The molecule has 2 aromatic rings. The van der Waals surface area contributed by atoms with Gasteiger partial charge in [-0.15, -0.1) is 11.8 Å². The third-order valence-corrected chi connectivity index (χ3v) is 5.88. The van der Waals surface area contributed by atoms with Gasteiger partial charge in [0.2, 0.25) is 10.0 Å². The lowest BCUT2D eigenvalue weighted by Gasteiger charge is -2.21. The Balaban J connectivity index is 2.22. The smallest absolute Gasteiger partial charge is 0.312 e. The summed E-state index contributed by atoms with van der Waals surface area (Å²) >= 11 is 1.59. The summed E-state index contributed by atoms with van der Waals surface area (Å²) in [6.45, 7) is 0.739. The first-order valence-electron chi connectivity index (χ1n) is 8.47. The predicted molar refractivity (Wildman–Crippen MR) is 109 cm³/mol. The van der Waals surface area contributed by atoms with E-state index in [1.165, 1.54) is 12.1 Å². The second kappa shape index (κ2) is 9.87. The first-order chi connectivity index (χ1) is 13.2. The van der Waals surface area contributed by atoms with Gasteiger partial charge in [0.15, 0.2) is 5.75 Å². The third kappa shape index (κ3) is 6.79. The van der Waals surface area contributed by atoms with E-state index < -0.39 is 20.6 Å². The van der Waals surface area contributed by atoms with Crippen molar-refractivity contribution in [3.8, 4) is 5.75 Å². The van der Waals surface area contributed by atoms with Crippen LogP contribution in [0, 0.1) is 10.1 Å². The molecule has 0 amide bonds. The molecule has 0 bridgehead atoms. The predicted octanol–water partition coefficient (Wildman–Crippen LogP) is 2.73. The number of benzene rings is 2. The van der Waals surface area contributed by atoms with Crippen LogP contribution in [0.2, 0.25) is 0 Å². The average molecular weight is 426 g/mol. The molecule has 0 radical (unpaired) electrons. The Bertz CT molecular complexity index is 905. The van der Waals surface area contributed by atoms with E-state index in [-0.39, 0.29) is 16.7 Å². The van der Waals surface area contributed by atoms with Crippen LogP contribution in [0.4, 0.5) is 5.69 Å². The average Bonchev–Trinajstić information content (AvgIpc) is 2.63. The summed E-state index contributed by atoms with van der Waals surface area (Å²) in [4.78, 5) is 13.5. The first-order valence-corrected chi connectivity index (χ1v) is 11.0. The first kappa shape index (κ1) is 22.2. The van der Waals surface area contributed by atoms with Gasteiger partial charge in [-0.25, -0.2) is 13.6 Å². The van der Waals surface area contributed by atoms with Crippen molar-refractivity contribution in [2.75, 3.05) is 26.4 Å².